The van der Waals surface area contributed by atoms with Crippen molar-refractivity contribution in [3.05, 3.63) is 54.2 Å². The zero-order chi connectivity index (χ0) is 10.5. The first-order chi connectivity index (χ1) is 7.36. The smallest absolute Gasteiger partial charge is 0.117 e. The molecule has 0 saturated carbocycles. The molecular formula is C12H14N2O. The van der Waals surface area contributed by atoms with Crippen LogP contribution in [-0.4, -0.2) is 4.98 Å². The summed E-state index contributed by atoms with van der Waals surface area (Å²) in [4.78, 5) is 3.99. The summed E-state index contributed by atoms with van der Waals surface area (Å²) in [5.74, 6) is 0.955. The first-order valence-corrected chi connectivity index (χ1v) is 5.02. The molecule has 0 aliphatic carbocycles. The molecule has 0 aromatic carbocycles. The topological polar surface area (TPSA) is 38.1 Å². The molecule has 1 atom stereocenters. The standard InChI is InChI=1S/C12H14N2O/c1-10(11-4-6-13-7-5-11)14-9-12-3-2-8-15-12/h2-8,10,14H,9H2,1H3. The van der Waals surface area contributed by atoms with E-state index in [2.05, 4.69) is 17.2 Å². The molecule has 2 aromatic heterocycles. The molecule has 78 valence electrons. The molecule has 0 saturated heterocycles. The van der Waals surface area contributed by atoms with E-state index in [1.807, 2.05) is 24.3 Å². The van der Waals surface area contributed by atoms with E-state index in [0.29, 0.717) is 6.04 Å². The molecule has 2 aromatic rings. The van der Waals surface area contributed by atoms with Crippen molar-refractivity contribution in [1.29, 1.82) is 0 Å². The fourth-order valence-electron chi connectivity index (χ4n) is 1.44. The highest BCUT2D eigenvalue weighted by Gasteiger charge is 2.04. The van der Waals surface area contributed by atoms with Gasteiger partial charge in [-0.3, -0.25) is 4.98 Å². The highest BCUT2D eigenvalue weighted by molar-refractivity contribution is 5.14. The van der Waals surface area contributed by atoms with Gasteiger partial charge in [0, 0.05) is 18.4 Å². The molecule has 0 radical (unpaired) electrons. The summed E-state index contributed by atoms with van der Waals surface area (Å²) in [5, 5.41) is 3.38. The highest BCUT2D eigenvalue weighted by Crippen LogP contribution is 2.11. The maximum atomic E-state index is 5.24. The number of hydrogen-bond acceptors (Lipinski definition) is 3. The van der Waals surface area contributed by atoms with Crippen LogP contribution in [0.3, 0.4) is 0 Å². The van der Waals surface area contributed by atoms with E-state index < -0.39 is 0 Å². The highest BCUT2D eigenvalue weighted by atomic mass is 16.3. The van der Waals surface area contributed by atoms with Gasteiger partial charge in [0.05, 0.1) is 12.8 Å². The molecule has 15 heavy (non-hydrogen) atoms. The van der Waals surface area contributed by atoms with Crippen LogP contribution in [-0.2, 0) is 6.54 Å². The molecule has 0 fully saturated rings. The van der Waals surface area contributed by atoms with Gasteiger partial charge in [-0.05, 0) is 36.8 Å². The second kappa shape index (κ2) is 4.75. The Balaban J connectivity index is 1.90. The number of nitrogens with one attached hydrogen (secondary N) is 1. The summed E-state index contributed by atoms with van der Waals surface area (Å²) < 4.78 is 5.24. The normalized spacial score (nSPS) is 12.6. The lowest BCUT2D eigenvalue weighted by Crippen LogP contribution is -2.17. The van der Waals surface area contributed by atoms with Crippen LogP contribution < -0.4 is 5.32 Å². The Morgan fingerprint density at radius 2 is 2.13 bits per heavy atom. The second-order valence-electron chi connectivity index (χ2n) is 3.46. The van der Waals surface area contributed by atoms with Crippen molar-refractivity contribution in [2.24, 2.45) is 0 Å². The Labute approximate surface area is 89.1 Å². The Bertz CT molecular complexity index is 383. The fourth-order valence-corrected chi connectivity index (χ4v) is 1.44. The number of hydrogen-bond donors (Lipinski definition) is 1. The summed E-state index contributed by atoms with van der Waals surface area (Å²) >= 11 is 0. The summed E-state index contributed by atoms with van der Waals surface area (Å²) in [7, 11) is 0. The van der Waals surface area contributed by atoms with Crippen molar-refractivity contribution in [1.82, 2.24) is 10.3 Å². The summed E-state index contributed by atoms with van der Waals surface area (Å²) in [6, 6.07) is 8.19. The number of furan rings is 1. The summed E-state index contributed by atoms with van der Waals surface area (Å²) in [6.45, 7) is 2.87. The zero-order valence-corrected chi connectivity index (χ0v) is 8.68. The molecule has 1 unspecified atom stereocenters. The Kier molecular flexibility index (Phi) is 3.15. The van der Waals surface area contributed by atoms with Crippen LogP contribution in [0.2, 0.25) is 0 Å². The molecular weight excluding hydrogens is 188 g/mol. The van der Waals surface area contributed by atoms with Crippen LogP contribution in [0.15, 0.2) is 47.3 Å². The van der Waals surface area contributed by atoms with Crippen molar-refractivity contribution >= 4 is 0 Å². The Morgan fingerprint density at radius 1 is 1.33 bits per heavy atom. The lowest BCUT2D eigenvalue weighted by atomic mass is 10.1. The second-order valence-corrected chi connectivity index (χ2v) is 3.46. The lowest BCUT2D eigenvalue weighted by Gasteiger charge is -2.12. The van der Waals surface area contributed by atoms with Crippen molar-refractivity contribution in [3.63, 3.8) is 0 Å². The van der Waals surface area contributed by atoms with Gasteiger partial charge in [0.15, 0.2) is 0 Å². The fraction of sp³-hybridized carbons (Fsp3) is 0.250. The van der Waals surface area contributed by atoms with E-state index in [9.17, 15) is 0 Å². The van der Waals surface area contributed by atoms with E-state index in [1.54, 1.807) is 18.7 Å². The third kappa shape index (κ3) is 2.67. The molecule has 0 spiro atoms. The predicted octanol–water partition coefficient (Wildman–Crippen LogP) is 2.53. The Morgan fingerprint density at radius 3 is 2.80 bits per heavy atom. The van der Waals surface area contributed by atoms with Gasteiger partial charge in [-0.1, -0.05) is 0 Å². The van der Waals surface area contributed by atoms with Crippen molar-refractivity contribution in [2.45, 2.75) is 19.5 Å². The third-order valence-corrected chi connectivity index (χ3v) is 2.37. The van der Waals surface area contributed by atoms with Gasteiger partial charge in [0.25, 0.3) is 0 Å². The molecule has 1 N–H and O–H groups in total. The van der Waals surface area contributed by atoms with Crippen LogP contribution in [0.5, 0.6) is 0 Å². The minimum Gasteiger partial charge on any atom is -0.468 e. The molecule has 0 bridgehead atoms. The molecule has 3 nitrogen and oxygen atoms in total. The monoisotopic (exact) mass is 202 g/mol. The van der Waals surface area contributed by atoms with Gasteiger partial charge in [0.1, 0.15) is 5.76 Å². The van der Waals surface area contributed by atoms with Gasteiger partial charge in [-0.15, -0.1) is 0 Å². The first-order valence-electron chi connectivity index (χ1n) is 5.02. The largest absolute Gasteiger partial charge is 0.468 e. The molecule has 0 amide bonds. The molecule has 0 aliphatic rings. The minimum atomic E-state index is 0.304. The van der Waals surface area contributed by atoms with Crippen molar-refractivity contribution in [2.75, 3.05) is 0 Å². The molecule has 3 heteroatoms. The van der Waals surface area contributed by atoms with Crippen LogP contribution in [0, 0.1) is 0 Å². The number of aromatic nitrogens is 1. The zero-order valence-electron chi connectivity index (χ0n) is 8.68. The third-order valence-electron chi connectivity index (χ3n) is 2.37. The van der Waals surface area contributed by atoms with Crippen LogP contribution >= 0.6 is 0 Å². The van der Waals surface area contributed by atoms with Gasteiger partial charge in [0.2, 0.25) is 0 Å². The average Bonchev–Trinajstić information content (AvgIpc) is 2.80. The van der Waals surface area contributed by atoms with Crippen molar-refractivity contribution < 1.29 is 4.42 Å². The number of rotatable bonds is 4. The molecule has 2 heterocycles. The summed E-state index contributed by atoms with van der Waals surface area (Å²) in [6.07, 6.45) is 5.30. The van der Waals surface area contributed by atoms with Gasteiger partial charge in [-0.25, -0.2) is 0 Å². The number of nitrogens with zero attached hydrogens (tertiary/aromatic N) is 1. The minimum absolute atomic E-state index is 0.304. The van der Waals surface area contributed by atoms with E-state index in [-0.39, 0.29) is 0 Å². The first kappa shape index (κ1) is 9.93. The average molecular weight is 202 g/mol. The SMILES string of the molecule is CC(NCc1ccco1)c1ccncc1. The van der Waals surface area contributed by atoms with Crippen LogP contribution in [0.25, 0.3) is 0 Å². The van der Waals surface area contributed by atoms with Gasteiger partial charge < -0.3 is 9.73 Å². The lowest BCUT2D eigenvalue weighted by molar-refractivity contribution is 0.460. The number of pyridine rings is 1. The molecule has 2 rings (SSSR count). The van der Waals surface area contributed by atoms with E-state index in [0.717, 1.165) is 12.3 Å². The van der Waals surface area contributed by atoms with Gasteiger partial charge >= 0.3 is 0 Å². The van der Waals surface area contributed by atoms with Gasteiger partial charge in [-0.2, -0.15) is 0 Å². The maximum Gasteiger partial charge on any atom is 0.117 e. The maximum absolute atomic E-state index is 5.24. The van der Waals surface area contributed by atoms with Crippen LogP contribution in [0.4, 0.5) is 0 Å². The predicted molar refractivity (Wildman–Crippen MR) is 58.2 cm³/mol. The molecule has 0 aliphatic heterocycles. The van der Waals surface area contributed by atoms with E-state index >= 15 is 0 Å². The quantitative estimate of drug-likeness (QED) is 0.827. The van der Waals surface area contributed by atoms with Crippen molar-refractivity contribution in [3.8, 4) is 0 Å². The van der Waals surface area contributed by atoms with E-state index in [1.165, 1.54) is 5.56 Å². The van der Waals surface area contributed by atoms with E-state index in [4.69, 9.17) is 4.42 Å². The summed E-state index contributed by atoms with van der Waals surface area (Å²) in [5.41, 5.74) is 1.23. The van der Waals surface area contributed by atoms with Crippen LogP contribution in [0.1, 0.15) is 24.3 Å². The Hall–Kier alpha value is -1.61.